The lowest BCUT2D eigenvalue weighted by Gasteiger charge is -2.33. The third-order valence-corrected chi connectivity index (χ3v) is 2.76. The van der Waals surface area contributed by atoms with Gasteiger partial charge < -0.3 is 10.2 Å². The predicted octanol–water partition coefficient (Wildman–Crippen LogP) is 1.47. The van der Waals surface area contributed by atoms with Crippen LogP contribution in [0.1, 0.15) is 33.6 Å². The van der Waals surface area contributed by atoms with Crippen molar-refractivity contribution in [3.05, 3.63) is 11.6 Å². The van der Waals surface area contributed by atoms with Crippen LogP contribution in [0.3, 0.4) is 0 Å². The molecule has 1 aliphatic rings. The highest BCUT2D eigenvalue weighted by atomic mass is 16.3. The number of allylic oxidation sites excluding steroid dienone is 1. The van der Waals surface area contributed by atoms with Crippen molar-refractivity contribution in [3.63, 3.8) is 0 Å². The summed E-state index contributed by atoms with van der Waals surface area (Å²) in [6.07, 6.45) is 3.24. The molecule has 2 atom stereocenters. The average Bonchev–Trinajstić information content (AvgIpc) is 1.92. The van der Waals surface area contributed by atoms with Crippen molar-refractivity contribution in [2.75, 3.05) is 0 Å². The Morgan fingerprint density at radius 3 is 2.50 bits per heavy atom. The van der Waals surface area contributed by atoms with Crippen molar-refractivity contribution in [2.45, 2.75) is 45.3 Å². The molecular weight excluding hydrogens is 152 g/mol. The maximum absolute atomic E-state index is 9.71. The van der Waals surface area contributed by atoms with Crippen LogP contribution >= 0.6 is 0 Å². The molecule has 0 spiro atoms. The molecule has 0 amide bonds. The SMILES string of the molecule is CC1=CC[C@@H](C(C)(C)O)CC1O. The topological polar surface area (TPSA) is 40.5 Å². The molecule has 0 radical (unpaired) electrons. The molecule has 2 heteroatoms. The largest absolute Gasteiger partial charge is 0.390 e. The summed E-state index contributed by atoms with van der Waals surface area (Å²) in [7, 11) is 0. The molecule has 0 aromatic heterocycles. The van der Waals surface area contributed by atoms with E-state index in [0.717, 1.165) is 12.0 Å². The summed E-state index contributed by atoms with van der Waals surface area (Å²) >= 11 is 0. The minimum atomic E-state index is -0.668. The number of hydrogen-bond acceptors (Lipinski definition) is 2. The molecular formula is C10H18O2. The van der Waals surface area contributed by atoms with Crippen LogP contribution in [0.15, 0.2) is 11.6 Å². The molecule has 0 saturated carbocycles. The number of hydrogen-bond donors (Lipinski definition) is 2. The van der Waals surface area contributed by atoms with Crippen LogP contribution in [0, 0.1) is 5.92 Å². The van der Waals surface area contributed by atoms with Gasteiger partial charge in [-0.05, 0) is 45.1 Å². The highest BCUT2D eigenvalue weighted by molar-refractivity contribution is 5.10. The Bertz CT molecular complexity index is 189. The Balaban J connectivity index is 2.65. The van der Waals surface area contributed by atoms with Crippen LogP contribution in [0.2, 0.25) is 0 Å². The van der Waals surface area contributed by atoms with Crippen molar-refractivity contribution in [1.29, 1.82) is 0 Å². The Morgan fingerprint density at radius 2 is 2.08 bits per heavy atom. The van der Waals surface area contributed by atoms with Gasteiger partial charge in [0.05, 0.1) is 11.7 Å². The van der Waals surface area contributed by atoms with Crippen molar-refractivity contribution in [1.82, 2.24) is 0 Å². The molecule has 2 nitrogen and oxygen atoms in total. The molecule has 0 fully saturated rings. The highest BCUT2D eigenvalue weighted by Crippen LogP contribution is 2.31. The van der Waals surface area contributed by atoms with Crippen molar-refractivity contribution >= 4 is 0 Å². The Kier molecular flexibility index (Phi) is 2.59. The van der Waals surface area contributed by atoms with Crippen LogP contribution in [-0.2, 0) is 0 Å². The number of rotatable bonds is 1. The number of aliphatic hydroxyl groups excluding tert-OH is 1. The molecule has 0 aliphatic heterocycles. The first-order chi connectivity index (χ1) is 5.41. The lowest BCUT2D eigenvalue weighted by Crippen LogP contribution is -2.35. The van der Waals surface area contributed by atoms with E-state index in [0.29, 0.717) is 6.42 Å². The second-order valence-electron chi connectivity index (χ2n) is 4.29. The third kappa shape index (κ3) is 2.08. The van der Waals surface area contributed by atoms with E-state index in [1.54, 1.807) is 13.8 Å². The maximum Gasteiger partial charge on any atom is 0.0751 e. The minimum Gasteiger partial charge on any atom is -0.390 e. The van der Waals surface area contributed by atoms with Crippen LogP contribution in [0.4, 0.5) is 0 Å². The van der Waals surface area contributed by atoms with Crippen LogP contribution in [-0.4, -0.2) is 21.9 Å². The fourth-order valence-corrected chi connectivity index (χ4v) is 1.59. The van der Waals surface area contributed by atoms with Gasteiger partial charge in [0.25, 0.3) is 0 Å². The van der Waals surface area contributed by atoms with Crippen molar-refractivity contribution < 1.29 is 10.2 Å². The lowest BCUT2D eigenvalue weighted by molar-refractivity contribution is -0.00548. The Hall–Kier alpha value is -0.340. The summed E-state index contributed by atoms with van der Waals surface area (Å²) in [6, 6.07) is 0. The van der Waals surface area contributed by atoms with Gasteiger partial charge in [-0.2, -0.15) is 0 Å². The third-order valence-electron chi connectivity index (χ3n) is 2.76. The zero-order chi connectivity index (χ0) is 9.35. The second-order valence-corrected chi connectivity index (χ2v) is 4.29. The second kappa shape index (κ2) is 3.19. The summed E-state index contributed by atoms with van der Waals surface area (Å²) in [5, 5.41) is 19.2. The van der Waals surface area contributed by atoms with Gasteiger partial charge in [-0.3, -0.25) is 0 Å². The maximum atomic E-state index is 9.71. The molecule has 0 aromatic rings. The molecule has 2 N–H and O–H groups in total. The molecule has 70 valence electrons. The average molecular weight is 170 g/mol. The van der Waals surface area contributed by atoms with E-state index in [1.807, 2.05) is 13.0 Å². The molecule has 0 heterocycles. The van der Waals surface area contributed by atoms with E-state index in [4.69, 9.17) is 0 Å². The van der Waals surface area contributed by atoms with Crippen LogP contribution in [0.5, 0.6) is 0 Å². The quantitative estimate of drug-likeness (QED) is 0.585. The summed E-state index contributed by atoms with van der Waals surface area (Å²) < 4.78 is 0. The molecule has 0 saturated heterocycles. The van der Waals surface area contributed by atoms with Gasteiger partial charge in [0, 0.05) is 0 Å². The van der Waals surface area contributed by atoms with Gasteiger partial charge in [0.2, 0.25) is 0 Å². The summed E-state index contributed by atoms with van der Waals surface area (Å²) in [6.45, 7) is 5.54. The fraction of sp³-hybridized carbons (Fsp3) is 0.800. The molecule has 1 rings (SSSR count). The van der Waals surface area contributed by atoms with E-state index in [-0.39, 0.29) is 12.0 Å². The van der Waals surface area contributed by atoms with Gasteiger partial charge in [-0.1, -0.05) is 6.08 Å². The van der Waals surface area contributed by atoms with Crippen molar-refractivity contribution in [2.24, 2.45) is 5.92 Å². The van der Waals surface area contributed by atoms with E-state index < -0.39 is 5.60 Å². The smallest absolute Gasteiger partial charge is 0.0751 e. The molecule has 0 aromatic carbocycles. The van der Waals surface area contributed by atoms with Crippen LogP contribution < -0.4 is 0 Å². The lowest BCUT2D eigenvalue weighted by atomic mass is 9.78. The van der Waals surface area contributed by atoms with Crippen LogP contribution in [0.25, 0.3) is 0 Å². The monoisotopic (exact) mass is 170 g/mol. The van der Waals surface area contributed by atoms with Crippen molar-refractivity contribution in [3.8, 4) is 0 Å². The minimum absolute atomic E-state index is 0.191. The zero-order valence-corrected chi connectivity index (χ0v) is 8.04. The molecule has 0 bridgehead atoms. The highest BCUT2D eigenvalue weighted by Gasteiger charge is 2.30. The Labute approximate surface area is 73.9 Å². The zero-order valence-electron chi connectivity index (χ0n) is 8.04. The first kappa shape index (κ1) is 9.75. The molecule has 1 unspecified atom stereocenters. The van der Waals surface area contributed by atoms with E-state index >= 15 is 0 Å². The fourth-order valence-electron chi connectivity index (χ4n) is 1.59. The standard InChI is InChI=1S/C10H18O2/c1-7-4-5-8(6-9(7)11)10(2,3)12/h4,8-9,11-12H,5-6H2,1-3H3/t8-,9?/m1/s1. The first-order valence-corrected chi connectivity index (χ1v) is 4.48. The predicted molar refractivity (Wildman–Crippen MR) is 48.8 cm³/mol. The summed E-state index contributed by atoms with van der Waals surface area (Å²) in [5.74, 6) is 0.191. The van der Waals surface area contributed by atoms with Gasteiger partial charge in [0.15, 0.2) is 0 Å². The Morgan fingerprint density at radius 1 is 1.50 bits per heavy atom. The molecule has 1 aliphatic carbocycles. The van der Waals surface area contributed by atoms with Gasteiger partial charge in [-0.15, -0.1) is 0 Å². The summed E-state index contributed by atoms with van der Waals surface area (Å²) in [4.78, 5) is 0. The van der Waals surface area contributed by atoms with E-state index in [2.05, 4.69) is 0 Å². The molecule has 12 heavy (non-hydrogen) atoms. The first-order valence-electron chi connectivity index (χ1n) is 4.48. The summed E-state index contributed by atoms with van der Waals surface area (Å²) in [5.41, 5.74) is 0.369. The van der Waals surface area contributed by atoms with E-state index in [9.17, 15) is 10.2 Å². The van der Waals surface area contributed by atoms with Gasteiger partial charge in [-0.25, -0.2) is 0 Å². The van der Waals surface area contributed by atoms with Gasteiger partial charge in [0.1, 0.15) is 0 Å². The van der Waals surface area contributed by atoms with Gasteiger partial charge >= 0.3 is 0 Å². The number of aliphatic hydroxyl groups is 2. The normalized spacial score (nSPS) is 31.6. The van der Waals surface area contributed by atoms with E-state index in [1.165, 1.54) is 0 Å².